The minimum absolute atomic E-state index is 0.0227. The molecule has 8 aromatic rings. The number of amides is 5. The number of halogens is 2. The van der Waals surface area contributed by atoms with Crippen molar-refractivity contribution in [3.63, 3.8) is 0 Å². The summed E-state index contributed by atoms with van der Waals surface area (Å²) in [5.41, 5.74) is 10.3. The van der Waals surface area contributed by atoms with Gasteiger partial charge >= 0.3 is 6.09 Å². The van der Waals surface area contributed by atoms with Gasteiger partial charge in [0, 0.05) is 80.1 Å². The van der Waals surface area contributed by atoms with E-state index in [1.807, 2.05) is 110 Å². The van der Waals surface area contributed by atoms with Gasteiger partial charge in [-0.15, -0.1) is 54.4 Å². The van der Waals surface area contributed by atoms with Crippen molar-refractivity contribution in [3.8, 4) is 20.4 Å². The number of likely N-dealkylation sites (tertiary alicyclic amines) is 1. The lowest BCUT2D eigenvalue weighted by Crippen LogP contribution is -2.58. The maximum Gasteiger partial charge on any atom is 0.407 e. The van der Waals surface area contributed by atoms with E-state index in [1.165, 1.54) is 4.90 Å². The van der Waals surface area contributed by atoms with Crippen molar-refractivity contribution in [1.82, 2.24) is 60.7 Å². The number of nitrogens with one attached hydrogen (secondary N) is 4. The van der Waals surface area contributed by atoms with E-state index >= 15 is 0 Å². The van der Waals surface area contributed by atoms with E-state index in [4.69, 9.17) is 66.3 Å². The number of thiophene rings is 2. The second kappa shape index (κ2) is 37.9. The summed E-state index contributed by atoms with van der Waals surface area (Å²) in [5, 5.41) is 43.5. The number of thiazole rings is 1. The number of β-amino-alcohol motifs (C(OH)–C–C–N with tert-alkyl or cyclic N) is 1. The van der Waals surface area contributed by atoms with Crippen molar-refractivity contribution < 1.29 is 62.2 Å². The van der Waals surface area contributed by atoms with Crippen LogP contribution in [0.3, 0.4) is 0 Å². The third-order valence-electron chi connectivity index (χ3n) is 19.2. The maximum atomic E-state index is 14.5. The van der Waals surface area contributed by atoms with Crippen LogP contribution in [0.1, 0.15) is 137 Å². The van der Waals surface area contributed by atoms with Gasteiger partial charge in [0.25, 0.3) is 0 Å². The summed E-state index contributed by atoms with van der Waals surface area (Å²) < 4.78 is 45.5. The van der Waals surface area contributed by atoms with Crippen molar-refractivity contribution in [1.29, 1.82) is 0 Å². The largest absolute Gasteiger partial charge is 0.449 e. The van der Waals surface area contributed by atoms with E-state index < -0.39 is 59.0 Å². The van der Waals surface area contributed by atoms with Gasteiger partial charge in [-0.05, 0) is 100 Å². The standard InChI is InChI=1S/C78H96Cl2N14O13S3/c1-45-48(4)109-74-64(45)66(53-16-20-56(79)21-17-53)85-59(70-90-88-50(6)93(70)74)37-62(96)81-24-26-101-28-30-103-32-34-105-41-78(11,43-107-76(100)87-69(77(8,9)10)73(99)92-40-58(95)36-61(92)72(98)83-39-52-12-14-55(15-13-52)68-47(3)84-44-108-68)42-106-35-33-104-31-29-102-27-25-82-63(97)38-60-71-91-89-51(7)94(71)75-65(46(2)49(5)110-75)67(86-60)54-18-22-57(80)23-19-54/h12-23,44,58-61,69,95H,24-43H2,1-11H3,(H,81,96)(H,82,97)(H,83,98)(H,87,100)/t58-,59+,60+,61+,69-/m1/s1. The van der Waals surface area contributed by atoms with Crippen LogP contribution in [0, 0.1) is 59.3 Å². The molecule has 0 aliphatic carbocycles. The first-order chi connectivity index (χ1) is 52.7. The molecule has 1 saturated heterocycles. The molecular formula is C78H96Cl2N14O13S3. The molecule has 3 aliphatic rings. The first-order valence-corrected chi connectivity index (χ1v) is 39.9. The summed E-state index contributed by atoms with van der Waals surface area (Å²) in [7, 11) is 0. The van der Waals surface area contributed by atoms with Crippen LogP contribution in [0.4, 0.5) is 4.79 Å². The normalized spacial score (nSPS) is 16.4. The number of hydrogen-bond acceptors (Lipinski definition) is 23. The zero-order chi connectivity index (χ0) is 78.4. The highest BCUT2D eigenvalue weighted by atomic mass is 35.5. The quantitative estimate of drug-likeness (QED) is 0.0228. The number of carbonyl (C=O) groups is 5. The number of fused-ring (bicyclic) bond motifs is 6. The van der Waals surface area contributed by atoms with Gasteiger partial charge in [-0.3, -0.25) is 38.3 Å². The first-order valence-electron chi connectivity index (χ1n) is 36.7. The summed E-state index contributed by atoms with van der Waals surface area (Å²) >= 11 is 17.4. The molecule has 0 spiro atoms. The Morgan fingerprint density at radius 1 is 0.582 bits per heavy atom. The van der Waals surface area contributed by atoms with Crippen molar-refractivity contribution >= 4 is 98.4 Å². The summed E-state index contributed by atoms with van der Waals surface area (Å²) in [6.45, 7) is 24.0. The first kappa shape index (κ1) is 82.7. The number of ether oxygens (including phenoxy) is 7. The van der Waals surface area contributed by atoms with Gasteiger partial charge in [0.1, 0.15) is 52.4 Å². The number of nitrogens with zero attached hydrogens (tertiary/aromatic N) is 10. The van der Waals surface area contributed by atoms with Gasteiger partial charge in [-0.25, -0.2) is 9.78 Å². The number of rotatable bonds is 36. The SMILES string of the molecule is Cc1ncsc1-c1ccc(CNC(=O)[C@@H]2C[C@@H](O)CN2C(=O)[C@@H](NC(=O)OCC(C)(COCCOCCOCCNC(=O)C[C@@H]2N=C(c3ccc(Cl)cc3)c3c(sc(C)c3C)-n3c(C)nnc32)COCCOCCOCCNC(=O)C[C@@H]2N=C(c3ccc(Cl)cc3)c3c(sc(C)c3C)-n3c(C)nnc32)C(C)(C)C)cc1. The summed E-state index contributed by atoms with van der Waals surface area (Å²) in [5.74, 6) is 1.15. The van der Waals surface area contributed by atoms with E-state index in [2.05, 4.69) is 74.3 Å². The van der Waals surface area contributed by atoms with Crippen LogP contribution in [0.25, 0.3) is 20.4 Å². The molecule has 8 heterocycles. The molecule has 110 heavy (non-hydrogen) atoms. The monoisotopic (exact) mass is 1600 g/mol. The van der Waals surface area contributed by atoms with E-state index in [1.54, 1.807) is 60.3 Å². The van der Waals surface area contributed by atoms with Gasteiger partial charge in [-0.1, -0.05) is 99.4 Å². The Morgan fingerprint density at radius 3 is 1.49 bits per heavy atom. The molecule has 0 unspecified atom stereocenters. The Kier molecular flexibility index (Phi) is 28.5. The molecule has 5 atom stereocenters. The lowest BCUT2D eigenvalue weighted by molar-refractivity contribution is -0.142. The minimum Gasteiger partial charge on any atom is -0.449 e. The second-order valence-electron chi connectivity index (χ2n) is 28.9. The topological polar surface area (TPSA) is 321 Å². The minimum atomic E-state index is -1.15. The molecule has 5 N–H and O–H groups in total. The third kappa shape index (κ3) is 20.7. The second-order valence-corrected chi connectivity index (χ2v) is 33.0. The molecular weight excluding hydrogens is 1510 g/mol. The molecule has 27 nitrogen and oxygen atoms in total. The number of aryl methyl sites for hydroxylation is 5. The number of hydrogen-bond donors (Lipinski definition) is 5. The lowest BCUT2D eigenvalue weighted by atomic mass is 9.85. The number of aromatic nitrogens is 7. The smallest absolute Gasteiger partial charge is 0.407 e. The van der Waals surface area contributed by atoms with Crippen LogP contribution < -0.4 is 21.3 Å². The van der Waals surface area contributed by atoms with Crippen molar-refractivity contribution in [3.05, 3.63) is 166 Å². The van der Waals surface area contributed by atoms with Crippen LogP contribution in [0.5, 0.6) is 0 Å². The van der Waals surface area contributed by atoms with E-state index in [0.29, 0.717) is 33.3 Å². The molecule has 3 aliphatic heterocycles. The van der Waals surface area contributed by atoms with Crippen LogP contribution >= 0.6 is 57.2 Å². The van der Waals surface area contributed by atoms with Gasteiger partial charge in [0.05, 0.1) is 126 Å². The van der Waals surface area contributed by atoms with E-state index in [9.17, 15) is 29.1 Å². The van der Waals surface area contributed by atoms with Gasteiger partial charge < -0.3 is 64.4 Å². The maximum absolute atomic E-state index is 14.5. The van der Waals surface area contributed by atoms with Crippen LogP contribution in [-0.2, 0) is 58.9 Å². The predicted molar refractivity (Wildman–Crippen MR) is 423 cm³/mol. The number of carbonyl (C=O) groups excluding carboxylic acids is 5. The molecule has 11 rings (SSSR count). The zero-order valence-corrected chi connectivity index (χ0v) is 67.8. The number of alkyl carbamates (subject to hydrolysis) is 1. The fourth-order valence-corrected chi connectivity index (χ4v) is 16.6. The fourth-order valence-electron chi connectivity index (χ4n) is 13.1. The molecule has 5 amide bonds. The lowest BCUT2D eigenvalue weighted by Gasteiger charge is -2.35. The van der Waals surface area contributed by atoms with E-state index in [-0.39, 0.29) is 143 Å². The number of benzene rings is 3. The number of aliphatic hydroxyl groups is 1. The van der Waals surface area contributed by atoms with E-state index in [0.717, 1.165) is 86.3 Å². The van der Waals surface area contributed by atoms with Gasteiger partial charge in [-0.2, -0.15) is 0 Å². The summed E-state index contributed by atoms with van der Waals surface area (Å²) in [4.78, 5) is 88.8. The fraction of sp³-hybridized carbons (Fsp3) is 0.487. The molecule has 0 bridgehead atoms. The summed E-state index contributed by atoms with van der Waals surface area (Å²) in [6, 6.07) is 19.5. The highest BCUT2D eigenvalue weighted by molar-refractivity contribution is 7.15. The van der Waals surface area contributed by atoms with Gasteiger partial charge in [0.2, 0.25) is 23.6 Å². The van der Waals surface area contributed by atoms with Crippen LogP contribution in [0.15, 0.2) is 88.3 Å². The Bertz CT molecular complexity index is 4390. The molecule has 1 fully saturated rings. The molecule has 5 aromatic heterocycles. The average molecular weight is 1600 g/mol. The highest BCUT2D eigenvalue weighted by Crippen LogP contribution is 2.42. The van der Waals surface area contributed by atoms with Crippen molar-refractivity contribution in [2.45, 2.75) is 132 Å². The van der Waals surface area contributed by atoms with Crippen LogP contribution in [-0.4, -0.2) is 209 Å². The Labute approximate surface area is 662 Å². The average Bonchev–Trinajstić information content (AvgIpc) is 1.59. The third-order valence-corrected chi connectivity index (χ3v) is 23.1. The van der Waals surface area contributed by atoms with Crippen LogP contribution in [0.2, 0.25) is 10.0 Å². The zero-order valence-electron chi connectivity index (χ0n) is 63.8. The van der Waals surface area contributed by atoms with Crippen molar-refractivity contribution in [2.24, 2.45) is 20.8 Å². The Hall–Kier alpha value is -8.24. The molecule has 588 valence electrons. The predicted octanol–water partition coefficient (Wildman–Crippen LogP) is 10.6. The molecule has 0 saturated carbocycles. The Morgan fingerprint density at radius 2 is 1.04 bits per heavy atom. The number of aliphatic hydroxyl groups excluding tert-OH is 1. The van der Waals surface area contributed by atoms with Gasteiger partial charge in [0.15, 0.2) is 11.6 Å². The Balaban J connectivity index is 0.629. The van der Waals surface area contributed by atoms with Crippen molar-refractivity contribution in [2.75, 3.05) is 106 Å². The number of aliphatic imine (C=N–C) groups is 2. The molecule has 0 radical (unpaired) electrons. The molecule has 3 aromatic carbocycles. The summed E-state index contributed by atoms with van der Waals surface area (Å²) in [6.07, 6.45) is -1.75. The molecule has 32 heteroatoms. The highest BCUT2D eigenvalue weighted by Gasteiger charge is 2.45.